The number of urea groups is 1. The average Bonchev–Trinajstić information content (AvgIpc) is 2.38. The lowest BCUT2D eigenvalue weighted by Crippen LogP contribution is -2.56. The van der Waals surface area contributed by atoms with E-state index in [1.165, 1.54) is 12.8 Å². The summed E-state index contributed by atoms with van der Waals surface area (Å²) in [6.07, 6.45) is 2.64. The van der Waals surface area contributed by atoms with Crippen LogP contribution in [0.4, 0.5) is 4.79 Å². The number of nitrogens with zero attached hydrogens (tertiary/aromatic N) is 2. The van der Waals surface area contributed by atoms with E-state index in [4.69, 9.17) is 0 Å². The number of amides is 2. The molecule has 0 bridgehead atoms. The summed E-state index contributed by atoms with van der Waals surface area (Å²) in [6.45, 7) is 17.3. The minimum absolute atomic E-state index is 0.0751. The topological polar surface area (TPSA) is 35.6 Å². The average molecular weight is 271 g/mol. The minimum atomic E-state index is 0.0751. The SMILES string of the molecule is CCCC.CCNC(=O)N1CCN(C(C)(C)C)CC1. The monoisotopic (exact) mass is 271 g/mol. The van der Waals surface area contributed by atoms with Gasteiger partial charge >= 0.3 is 6.03 Å². The van der Waals surface area contributed by atoms with Gasteiger partial charge in [0.1, 0.15) is 0 Å². The van der Waals surface area contributed by atoms with Crippen molar-refractivity contribution in [2.45, 2.75) is 59.9 Å². The van der Waals surface area contributed by atoms with E-state index >= 15 is 0 Å². The van der Waals surface area contributed by atoms with Crippen LogP contribution >= 0.6 is 0 Å². The van der Waals surface area contributed by atoms with Crippen LogP contribution in [0.2, 0.25) is 0 Å². The second-order valence-corrected chi connectivity index (χ2v) is 5.98. The van der Waals surface area contributed by atoms with Crippen LogP contribution in [-0.2, 0) is 0 Å². The number of nitrogens with one attached hydrogen (secondary N) is 1. The molecule has 4 nitrogen and oxygen atoms in total. The third-order valence-corrected chi connectivity index (χ3v) is 3.34. The highest BCUT2D eigenvalue weighted by Crippen LogP contribution is 2.15. The summed E-state index contributed by atoms with van der Waals surface area (Å²) in [5, 5.41) is 2.84. The number of carbonyl (C=O) groups is 1. The zero-order valence-electron chi connectivity index (χ0n) is 13.8. The first kappa shape index (κ1) is 18.2. The summed E-state index contributed by atoms with van der Waals surface area (Å²) in [4.78, 5) is 15.9. The molecule has 1 saturated heterocycles. The molecule has 1 N–H and O–H groups in total. The minimum Gasteiger partial charge on any atom is -0.338 e. The van der Waals surface area contributed by atoms with Crippen LogP contribution in [-0.4, -0.2) is 54.1 Å². The largest absolute Gasteiger partial charge is 0.338 e. The highest BCUT2D eigenvalue weighted by atomic mass is 16.2. The van der Waals surface area contributed by atoms with Gasteiger partial charge in [-0.25, -0.2) is 4.79 Å². The molecule has 0 unspecified atom stereocenters. The Kier molecular flexibility index (Phi) is 8.81. The normalized spacial score (nSPS) is 16.6. The van der Waals surface area contributed by atoms with Crippen molar-refractivity contribution >= 4 is 6.03 Å². The van der Waals surface area contributed by atoms with Crippen molar-refractivity contribution < 1.29 is 4.79 Å². The number of unbranched alkanes of at least 4 members (excludes halogenated alkanes) is 1. The molecule has 0 aromatic carbocycles. The molecule has 1 heterocycles. The number of hydrogen-bond acceptors (Lipinski definition) is 2. The summed E-state index contributed by atoms with van der Waals surface area (Å²) in [7, 11) is 0. The fraction of sp³-hybridized carbons (Fsp3) is 0.933. The maximum Gasteiger partial charge on any atom is 0.317 e. The fourth-order valence-electron chi connectivity index (χ4n) is 1.84. The number of piperazine rings is 1. The van der Waals surface area contributed by atoms with Gasteiger partial charge in [0.05, 0.1) is 0 Å². The summed E-state index contributed by atoms with van der Waals surface area (Å²) in [6, 6.07) is 0.0751. The fourth-order valence-corrected chi connectivity index (χ4v) is 1.84. The Morgan fingerprint density at radius 1 is 1.00 bits per heavy atom. The van der Waals surface area contributed by atoms with Gasteiger partial charge in [-0.3, -0.25) is 4.90 Å². The summed E-state index contributed by atoms with van der Waals surface area (Å²) in [5.41, 5.74) is 0.216. The number of rotatable bonds is 2. The molecule has 0 aliphatic carbocycles. The van der Waals surface area contributed by atoms with Gasteiger partial charge < -0.3 is 10.2 Å². The second-order valence-electron chi connectivity index (χ2n) is 5.98. The van der Waals surface area contributed by atoms with E-state index in [-0.39, 0.29) is 11.6 Å². The lowest BCUT2D eigenvalue weighted by atomic mass is 10.1. The molecule has 1 rings (SSSR count). The lowest BCUT2D eigenvalue weighted by Gasteiger charge is -2.42. The van der Waals surface area contributed by atoms with Gasteiger partial charge in [-0.05, 0) is 27.7 Å². The van der Waals surface area contributed by atoms with Gasteiger partial charge in [-0.1, -0.05) is 26.7 Å². The zero-order valence-corrected chi connectivity index (χ0v) is 13.8. The van der Waals surface area contributed by atoms with Gasteiger partial charge in [-0.15, -0.1) is 0 Å². The lowest BCUT2D eigenvalue weighted by molar-refractivity contribution is 0.0745. The molecule has 0 aromatic rings. The van der Waals surface area contributed by atoms with E-state index in [9.17, 15) is 4.79 Å². The van der Waals surface area contributed by atoms with Gasteiger partial charge in [0.2, 0.25) is 0 Å². The second kappa shape index (κ2) is 9.18. The number of hydrogen-bond donors (Lipinski definition) is 1. The predicted octanol–water partition coefficient (Wildman–Crippen LogP) is 2.94. The maximum absolute atomic E-state index is 11.6. The molecule has 0 saturated carbocycles. The van der Waals surface area contributed by atoms with Crippen LogP contribution in [0.15, 0.2) is 0 Å². The number of carbonyl (C=O) groups excluding carboxylic acids is 1. The molecule has 4 heteroatoms. The molecule has 0 atom stereocenters. The zero-order chi connectivity index (χ0) is 14.9. The third-order valence-electron chi connectivity index (χ3n) is 3.34. The van der Waals surface area contributed by atoms with E-state index in [1.54, 1.807) is 0 Å². The Bertz CT molecular complexity index is 238. The Balaban J connectivity index is 0.000000711. The molecule has 0 spiro atoms. The van der Waals surface area contributed by atoms with E-state index in [1.807, 2.05) is 11.8 Å². The van der Waals surface area contributed by atoms with Crippen molar-refractivity contribution in [1.29, 1.82) is 0 Å². The van der Waals surface area contributed by atoms with Gasteiger partial charge in [0, 0.05) is 38.3 Å². The Labute approximate surface area is 119 Å². The summed E-state index contributed by atoms with van der Waals surface area (Å²) >= 11 is 0. The summed E-state index contributed by atoms with van der Waals surface area (Å²) < 4.78 is 0. The maximum atomic E-state index is 11.6. The predicted molar refractivity (Wildman–Crippen MR) is 82.6 cm³/mol. The Morgan fingerprint density at radius 3 is 1.79 bits per heavy atom. The van der Waals surface area contributed by atoms with Crippen molar-refractivity contribution in [3.63, 3.8) is 0 Å². The molecular formula is C15H33N3O. The van der Waals surface area contributed by atoms with Crippen LogP contribution in [0.25, 0.3) is 0 Å². The highest BCUT2D eigenvalue weighted by molar-refractivity contribution is 5.74. The standard InChI is InChI=1S/C11H23N3O.C4H10/c1-5-12-10(15)13-6-8-14(9-7-13)11(2,3)4;1-3-4-2/h5-9H2,1-4H3,(H,12,15);3-4H2,1-2H3. The first-order valence-corrected chi connectivity index (χ1v) is 7.64. The summed E-state index contributed by atoms with van der Waals surface area (Å²) in [5.74, 6) is 0. The van der Waals surface area contributed by atoms with Crippen molar-refractivity contribution in [2.24, 2.45) is 0 Å². The molecule has 1 aliphatic rings. The molecule has 19 heavy (non-hydrogen) atoms. The van der Waals surface area contributed by atoms with E-state index < -0.39 is 0 Å². The van der Waals surface area contributed by atoms with E-state index in [0.717, 1.165) is 26.2 Å². The first-order valence-electron chi connectivity index (χ1n) is 7.64. The van der Waals surface area contributed by atoms with Gasteiger partial charge in [0.15, 0.2) is 0 Å². The van der Waals surface area contributed by atoms with E-state index in [2.05, 4.69) is 44.8 Å². The van der Waals surface area contributed by atoms with Crippen molar-refractivity contribution in [3.05, 3.63) is 0 Å². The Morgan fingerprint density at radius 2 is 1.47 bits per heavy atom. The van der Waals surface area contributed by atoms with Crippen molar-refractivity contribution in [1.82, 2.24) is 15.1 Å². The molecule has 0 radical (unpaired) electrons. The molecule has 114 valence electrons. The van der Waals surface area contributed by atoms with Crippen molar-refractivity contribution in [3.8, 4) is 0 Å². The smallest absolute Gasteiger partial charge is 0.317 e. The third kappa shape index (κ3) is 7.41. The van der Waals surface area contributed by atoms with E-state index in [0.29, 0.717) is 6.54 Å². The van der Waals surface area contributed by atoms with Crippen LogP contribution in [0.3, 0.4) is 0 Å². The van der Waals surface area contributed by atoms with Crippen LogP contribution < -0.4 is 5.32 Å². The quantitative estimate of drug-likeness (QED) is 0.838. The molecule has 2 amide bonds. The Hall–Kier alpha value is -0.770. The highest BCUT2D eigenvalue weighted by Gasteiger charge is 2.27. The van der Waals surface area contributed by atoms with Crippen LogP contribution in [0.5, 0.6) is 0 Å². The van der Waals surface area contributed by atoms with Crippen molar-refractivity contribution in [2.75, 3.05) is 32.7 Å². The van der Waals surface area contributed by atoms with Crippen LogP contribution in [0, 0.1) is 0 Å². The van der Waals surface area contributed by atoms with Gasteiger partial charge in [-0.2, -0.15) is 0 Å². The molecule has 0 aromatic heterocycles. The molecule has 1 aliphatic heterocycles. The van der Waals surface area contributed by atoms with Crippen LogP contribution in [0.1, 0.15) is 54.4 Å². The van der Waals surface area contributed by atoms with Gasteiger partial charge in [0.25, 0.3) is 0 Å². The first-order chi connectivity index (χ1) is 8.86. The molecule has 1 fully saturated rings. The molecular weight excluding hydrogens is 238 g/mol.